The lowest BCUT2D eigenvalue weighted by Crippen LogP contribution is -2.54. The first-order chi connectivity index (χ1) is 8.07. The standard InChI is InChI=1S/C13H22N2O2/c14-13(4-1-5-13)8-12(17)15-9-2-3-10(15)7-11(16)6-9/h9-11,16H,1-8,14H2. The van der Waals surface area contributed by atoms with Crippen molar-refractivity contribution in [2.45, 2.75) is 75.1 Å². The van der Waals surface area contributed by atoms with Crippen LogP contribution in [-0.4, -0.2) is 39.6 Å². The SMILES string of the molecule is NC1(CC(=O)N2C3CCC2CC(O)C3)CCC1. The number of fused-ring (bicyclic) bond motifs is 2. The van der Waals surface area contributed by atoms with Gasteiger partial charge in [0.25, 0.3) is 0 Å². The first-order valence-corrected chi connectivity index (χ1v) is 6.85. The highest BCUT2D eigenvalue weighted by molar-refractivity contribution is 5.78. The number of amides is 1. The van der Waals surface area contributed by atoms with Gasteiger partial charge in [-0.1, -0.05) is 0 Å². The van der Waals surface area contributed by atoms with Gasteiger partial charge < -0.3 is 15.7 Å². The zero-order valence-electron chi connectivity index (χ0n) is 10.3. The average Bonchev–Trinajstić information content (AvgIpc) is 2.49. The smallest absolute Gasteiger partial charge is 0.224 e. The first-order valence-electron chi connectivity index (χ1n) is 6.85. The Hall–Kier alpha value is -0.610. The van der Waals surface area contributed by atoms with Gasteiger partial charge in [-0.3, -0.25) is 4.79 Å². The minimum absolute atomic E-state index is 0.202. The van der Waals surface area contributed by atoms with Crippen molar-refractivity contribution in [1.29, 1.82) is 0 Å². The molecule has 3 N–H and O–H groups in total. The molecule has 3 aliphatic rings. The van der Waals surface area contributed by atoms with Crippen LogP contribution in [0.25, 0.3) is 0 Å². The number of aliphatic hydroxyl groups excluding tert-OH is 1. The number of carbonyl (C=O) groups excluding carboxylic acids is 1. The molecule has 17 heavy (non-hydrogen) atoms. The molecule has 2 atom stereocenters. The second-order valence-electron chi connectivity index (χ2n) is 6.20. The molecule has 0 aromatic carbocycles. The van der Waals surface area contributed by atoms with Gasteiger partial charge in [0, 0.05) is 24.0 Å². The Morgan fingerprint density at radius 3 is 2.35 bits per heavy atom. The molecular weight excluding hydrogens is 216 g/mol. The van der Waals surface area contributed by atoms with Crippen LogP contribution >= 0.6 is 0 Å². The van der Waals surface area contributed by atoms with Crippen molar-refractivity contribution in [2.24, 2.45) is 5.73 Å². The molecular formula is C13H22N2O2. The van der Waals surface area contributed by atoms with E-state index >= 15 is 0 Å². The maximum Gasteiger partial charge on any atom is 0.224 e. The molecule has 0 radical (unpaired) electrons. The van der Waals surface area contributed by atoms with E-state index in [2.05, 4.69) is 0 Å². The Balaban J connectivity index is 1.66. The zero-order chi connectivity index (χ0) is 12.0. The van der Waals surface area contributed by atoms with Crippen LogP contribution in [0.2, 0.25) is 0 Å². The van der Waals surface area contributed by atoms with Crippen molar-refractivity contribution in [3.05, 3.63) is 0 Å². The molecule has 2 aliphatic heterocycles. The molecule has 1 aliphatic carbocycles. The summed E-state index contributed by atoms with van der Waals surface area (Å²) in [5, 5.41) is 9.72. The molecule has 4 nitrogen and oxygen atoms in total. The van der Waals surface area contributed by atoms with E-state index in [0.29, 0.717) is 6.42 Å². The van der Waals surface area contributed by atoms with Gasteiger partial charge in [0.2, 0.25) is 5.91 Å². The van der Waals surface area contributed by atoms with Gasteiger partial charge in [-0.05, 0) is 44.9 Å². The Kier molecular flexibility index (Phi) is 2.67. The van der Waals surface area contributed by atoms with Gasteiger partial charge in [-0.15, -0.1) is 0 Å². The normalized spacial score (nSPS) is 38.9. The molecule has 2 saturated heterocycles. The molecule has 0 spiro atoms. The molecule has 1 amide bonds. The monoisotopic (exact) mass is 238 g/mol. The summed E-state index contributed by atoms with van der Waals surface area (Å²) in [4.78, 5) is 14.4. The molecule has 4 heteroatoms. The number of nitrogens with zero attached hydrogens (tertiary/aromatic N) is 1. The minimum Gasteiger partial charge on any atom is -0.393 e. The van der Waals surface area contributed by atoms with Crippen LogP contribution in [0.5, 0.6) is 0 Å². The fourth-order valence-corrected chi connectivity index (χ4v) is 3.76. The molecule has 3 fully saturated rings. The summed E-state index contributed by atoms with van der Waals surface area (Å²) in [6, 6.07) is 0.555. The highest BCUT2D eigenvalue weighted by atomic mass is 16.3. The predicted molar refractivity (Wildman–Crippen MR) is 64.3 cm³/mol. The third-order valence-corrected chi connectivity index (χ3v) is 4.85. The van der Waals surface area contributed by atoms with E-state index in [9.17, 15) is 9.90 Å². The Labute approximate surface area is 102 Å². The van der Waals surface area contributed by atoms with Crippen molar-refractivity contribution in [3.63, 3.8) is 0 Å². The first kappa shape index (κ1) is 11.5. The topological polar surface area (TPSA) is 66.6 Å². The summed E-state index contributed by atoms with van der Waals surface area (Å²) >= 11 is 0. The molecule has 0 aromatic rings. The van der Waals surface area contributed by atoms with E-state index in [1.165, 1.54) is 0 Å². The van der Waals surface area contributed by atoms with Crippen LogP contribution in [-0.2, 0) is 4.79 Å². The summed E-state index contributed by atoms with van der Waals surface area (Å²) in [5.41, 5.74) is 5.94. The molecule has 96 valence electrons. The van der Waals surface area contributed by atoms with Crippen LogP contribution in [0.3, 0.4) is 0 Å². The minimum atomic E-state index is -0.216. The Morgan fingerprint density at radius 1 is 1.29 bits per heavy atom. The van der Waals surface area contributed by atoms with E-state index in [1.807, 2.05) is 4.90 Å². The molecule has 2 heterocycles. The molecule has 0 aromatic heterocycles. The number of carbonyl (C=O) groups is 1. The summed E-state index contributed by atoms with van der Waals surface area (Å²) in [6.07, 6.45) is 7.10. The largest absolute Gasteiger partial charge is 0.393 e. The number of piperidine rings is 1. The molecule has 1 saturated carbocycles. The van der Waals surface area contributed by atoms with Crippen molar-refractivity contribution in [3.8, 4) is 0 Å². The fraction of sp³-hybridized carbons (Fsp3) is 0.923. The summed E-state index contributed by atoms with van der Waals surface area (Å²) in [5.74, 6) is 0.228. The van der Waals surface area contributed by atoms with E-state index in [1.54, 1.807) is 0 Å². The summed E-state index contributed by atoms with van der Waals surface area (Å²) in [6.45, 7) is 0. The van der Waals surface area contributed by atoms with Gasteiger partial charge in [-0.2, -0.15) is 0 Å². The lowest BCUT2D eigenvalue weighted by Gasteiger charge is -2.42. The zero-order valence-corrected chi connectivity index (χ0v) is 10.3. The van der Waals surface area contributed by atoms with Crippen LogP contribution in [0, 0.1) is 0 Å². The van der Waals surface area contributed by atoms with Crippen LogP contribution in [0.4, 0.5) is 0 Å². The maximum atomic E-state index is 12.3. The summed E-state index contributed by atoms with van der Waals surface area (Å²) in [7, 11) is 0. The molecule has 3 rings (SSSR count). The second-order valence-corrected chi connectivity index (χ2v) is 6.20. The predicted octanol–water partition coefficient (Wildman–Crippen LogP) is 0.772. The quantitative estimate of drug-likeness (QED) is 0.747. The van der Waals surface area contributed by atoms with Crippen LogP contribution in [0.1, 0.15) is 51.4 Å². The number of hydrogen-bond donors (Lipinski definition) is 2. The maximum absolute atomic E-state index is 12.3. The number of rotatable bonds is 2. The Morgan fingerprint density at radius 2 is 1.88 bits per heavy atom. The second kappa shape index (κ2) is 3.95. The van der Waals surface area contributed by atoms with Crippen molar-refractivity contribution in [1.82, 2.24) is 4.90 Å². The molecule has 2 bridgehead atoms. The third kappa shape index (κ3) is 1.97. The van der Waals surface area contributed by atoms with Crippen molar-refractivity contribution < 1.29 is 9.90 Å². The lowest BCUT2D eigenvalue weighted by molar-refractivity contribution is -0.139. The Bertz CT molecular complexity index is 313. The number of hydrogen-bond acceptors (Lipinski definition) is 3. The fourth-order valence-electron chi connectivity index (χ4n) is 3.76. The van der Waals surface area contributed by atoms with Crippen molar-refractivity contribution >= 4 is 5.91 Å². The van der Waals surface area contributed by atoms with Gasteiger partial charge in [0.1, 0.15) is 0 Å². The van der Waals surface area contributed by atoms with E-state index in [0.717, 1.165) is 44.9 Å². The highest BCUT2D eigenvalue weighted by Crippen LogP contribution is 2.39. The highest BCUT2D eigenvalue weighted by Gasteiger charge is 2.45. The lowest BCUT2D eigenvalue weighted by atomic mass is 9.75. The average molecular weight is 238 g/mol. The van der Waals surface area contributed by atoms with Gasteiger partial charge in [-0.25, -0.2) is 0 Å². The molecule has 2 unspecified atom stereocenters. The van der Waals surface area contributed by atoms with Gasteiger partial charge in [0.15, 0.2) is 0 Å². The van der Waals surface area contributed by atoms with Gasteiger partial charge >= 0.3 is 0 Å². The van der Waals surface area contributed by atoms with Crippen LogP contribution in [0.15, 0.2) is 0 Å². The number of nitrogens with two attached hydrogens (primary N) is 1. The van der Waals surface area contributed by atoms with E-state index < -0.39 is 0 Å². The van der Waals surface area contributed by atoms with E-state index in [-0.39, 0.29) is 29.6 Å². The summed E-state index contributed by atoms with van der Waals surface area (Å²) < 4.78 is 0. The van der Waals surface area contributed by atoms with Crippen molar-refractivity contribution in [2.75, 3.05) is 0 Å². The van der Waals surface area contributed by atoms with E-state index in [4.69, 9.17) is 5.73 Å². The number of aliphatic hydroxyl groups is 1. The third-order valence-electron chi connectivity index (χ3n) is 4.85. The van der Waals surface area contributed by atoms with Crippen LogP contribution < -0.4 is 5.73 Å². The van der Waals surface area contributed by atoms with Gasteiger partial charge in [0.05, 0.1) is 6.10 Å².